The molecule has 0 saturated carbocycles. The Morgan fingerprint density at radius 3 is 2.50 bits per heavy atom. The first-order valence-electron chi connectivity index (χ1n) is 6.24. The second-order valence-electron chi connectivity index (χ2n) is 4.37. The number of hydrogen-bond acceptors (Lipinski definition) is 1. The van der Waals surface area contributed by atoms with Gasteiger partial charge in [-0.3, -0.25) is 4.79 Å². The Labute approximate surface area is 113 Å². The van der Waals surface area contributed by atoms with Crippen molar-refractivity contribution in [2.24, 2.45) is 0 Å². The summed E-state index contributed by atoms with van der Waals surface area (Å²) in [4.78, 5) is 11.3. The van der Waals surface area contributed by atoms with Crippen LogP contribution in [0.4, 0.5) is 0 Å². The summed E-state index contributed by atoms with van der Waals surface area (Å²) in [7, 11) is 0. The molecule has 0 saturated heterocycles. The van der Waals surface area contributed by atoms with Crippen LogP contribution in [0.15, 0.2) is 36.9 Å². The molecule has 18 heavy (non-hydrogen) atoms. The van der Waals surface area contributed by atoms with Crippen LogP contribution in [0, 0.1) is 0 Å². The van der Waals surface area contributed by atoms with E-state index in [1.807, 2.05) is 6.08 Å². The molecule has 0 bridgehead atoms. The highest BCUT2D eigenvalue weighted by molar-refractivity contribution is 6.30. The molecule has 1 unspecified atom stereocenters. The summed E-state index contributed by atoms with van der Waals surface area (Å²) < 4.78 is 0. The third kappa shape index (κ3) is 4.92. The fraction of sp³-hybridized carbons (Fsp3) is 0.400. The smallest absolute Gasteiger partial charge is 0.310 e. The average molecular weight is 267 g/mol. The van der Waals surface area contributed by atoms with E-state index >= 15 is 0 Å². The molecule has 0 aliphatic carbocycles. The fourth-order valence-corrected chi connectivity index (χ4v) is 2.07. The lowest BCUT2D eigenvalue weighted by Gasteiger charge is -2.12. The first-order chi connectivity index (χ1) is 8.65. The number of carboxylic acid groups (broad SMARTS) is 1. The van der Waals surface area contributed by atoms with Crippen LogP contribution in [0.1, 0.15) is 43.6 Å². The van der Waals surface area contributed by atoms with E-state index in [2.05, 4.69) is 6.58 Å². The third-order valence-electron chi connectivity index (χ3n) is 2.97. The van der Waals surface area contributed by atoms with E-state index in [-0.39, 0.29) is 0 Å². The molecule has 0 spiro atoms. The molecular formula is C15H19ClO2. The van der Waals surface area contributed by atoms with Crippen molar-refractivity contribution < 1.29 is 9.90 Å². The van der Waals surface area contributed by atoms with Crippen LogP contribution >= 0.6 is 11.6 Å². The van der Waals surface area contributed by atoms with Gasteiger partial charge in [-0.15, -0.1) is 6.58 Å². The molecule has 1 atom stereocenters. The van der Waals surface area contributed by atoms with Crippen LogP contribution < -0.4 is 0 Å². The van der Waals surface area contributed by atoms with E-state index in [0.717, 1.165) is 31.2 Å². The molecule has 1 rings (SSSR count). The highest BCUT2D eigenvalue weighted by Crippen LogP contribution is 2.24. The number of aliphatic carboxylic acids is 1. The molecule has 1 N–H and O–H groups in total. The molecular weight excluding hydrogens is 248 g/mol. The zero-order valence-corrected chi connectivity index (χ0v) is 11.2. The van der Waals surface area contributed by atoms with E-state index in [1.54, 1.807) is 24.3 Å². The lowest BCUT2D eigenvalue weighted by Crippen LogP contribution is -2.11. The SMILES string of the molecule is C=CCCCCCC(C(=O)O)c1ccc(Cl)cc1. The van der Waals surface area contributed by atoms with Gasteiger partial charge in [0.2, 0.25) is 0 Å². The van der Waals surface area contributed by atoms with Crippen molar-refractivity contribution in [2.45, 2.75) is 38.0 Å². The Balaban J connectivity index is 2.52. The molecule has 98 valence electrons. The zero-order chi connectivity index (χ0) is 13.4. The molecule has 2 nitrogen and oxygen atoms in total. The van der Waals surface area contributed by atoms with Crippen molar-refractivity contribution in [1.29, 1.82) is 0 Å². The number of halogens is 1. The molecule has 3 heteroatoms. The average Bonchev–Trinajstić information content (AvgIpc) is 2.35. The quantitative estimate of drug-likeness (QED) is 0.549. The summed E-state index contributed by atoms with van der Waals surface area (Å²) in [5.41, 5.74) is 0.829. The summed E-state index contributed by atoms with van der Waals surface area (Å²) >= 11 is 5.80. The predicted octanol–water partition coefficient (Wildman–Crippen LogP) is 4.64. The van der Waals surface area contributed by atoms with Crippen LogP contribution in [0.5, 0.6) is 0 Å². The molecule has 0 radical (unpaired) electrons. The lowest BCUT2D eigenvalue weighted by atomic mass is 9.93. The summed E-state index contributed by atoms with van der Waals surface area (Å²) in [6, 6.07) is 7.07. The highest BCUT2D eigenvalue weighted by atomic mass is 35.5. The first-order valence-corrected chi connectivity index (χ1v) is 6.62. The van der Waals surface area contributed by atoms with Crippen LogP contribution in [0.25, 0.3) is 0 Å². The van der Waals surface area contributed by atoms with Gasteiger partial charge >= 0.3 is 5.97 Å². The van der Waals surface area contributed by atoms with Crippen LogP contribution in [-0.2, 0) is 4.79 Å². The molecule has 0 aliphatic heterocycles. The number of allylic oxidation sites excluding steroid dienone is 1. The Morgan fingerprint density at radius 1 is 1.28 bits per heavy atom. The second kappa shape index (κ2) is 7.93. The largest absolute Gasteiger partial charge is 0.481 e. The van der Waals surface area contributed by atoms with Gasteiger partial charge in [0.25, 0.3) is 0 Å². The normalized spacial score (nSPS) is 12.1. The van der Waals surface area contributed by atoms with Gasteiger partial charge in [0.05, 0.1) is 5.92 Å². The van der Waals surface area contributed by atoms with Crippen molar-refractivity contribution in [3.63, 3.8) is 0 Å². The highest BCUT2D eigenvalue weighted by Gasteiger charge is 2.18. The molecule has 0 aromatic heterocycles. The van der Waals surface area contributed by atoms with Crippen molar-refractivity contribution >= 4 is 17.6 Å². The summed E-state index contributed by atoms with van der Waals surface area (Å²) in [5, 5.41) is 9.88. The number of rotatable bonds is 8. The molecule has 1 aromatic carbocycles. The molecule has 1 aromatic rings. The predicted molar refractivity (Wildman–Crippen MR) is 75.1 cm³/mol. The molecule has 0 amide bonds. The topological polar surface area (TPSA) is 37.3 Å². The Kier molecular flexibility index (Phi) is 6.51. The van der Waals surface area contributed by atoms with Gasteiger partial charge in [-0.2, -0.15) is 0 Å². The zero-order valence-electron chi connectivity index (χ0n) is 10.4. The van der Waals surface area contributed by atoms with E-state index in [9.17, 15) is 9.90 Å². The van der Waals surface area contributed by atoms with Crippen molar-refractivity contribution in [2.75, 3.05) is 0 Å². The molecule has 0 heterocycles. The van der Waals surface area contributed by atoms with Crippen LogP contribution in [0.2, 0.25) is 5.02 Å². The van der Waals surface area contributed by atoms with Gasteiger partial charge in [-0.25, -0.2) is 0 Å². The maximum Gasteiger partial charge on any atom is 0.310 e. The standard InChI is InChI=1S/C15H19ClO2/c1-2-3-4-5-6-7-14(15(17)18)12-8-10-13(16)11-9-12/h2,8-11,14H,1,3-7H2,(H,17,18). The van der Waals surface area contributed by atoms with Crippen molar-refractivity contribution in [3.8, 4) is 0 Å². The van der Waals surface area contributed by atoms with Crippen LogP contribution in [-0.4, -0.2) is 11.1 Å². The maximum atomic E-state index is 11.3. The van der Waals surface area contributed by atoms with E-state index in [4.69, 9.17) is 11.6 Å². The summed E-state index contributed by atoms with van der Waals surface area (Å²) in [6.07, 6.45) is 6.62. The first kappa shape index (κ1) is 14.8. The van der Waals surface area contributed by atoms with Crippen molar-refractivity contribution in [3.05, 3.63) is 47.5 Å². The number of hydrogen-bond donors (Lipinski definition) is 1. The number of unbranched alkanes of at least 4 members (excludes halogenated alkanes) is 3. The summed E-state index contributed by atoms with van der Waals surface area (Å²) in [6.45, 7) is 3.67. The fourth-order valence-electron chi connectivity index (χ4n) is 1.94. The minimum atomic E-state index is -0.763. The Morgan fingerprint density at radius 2 is 1.94 bits per heavy atom. The van der Waals surface area contributed by atoms with Gasteiger partial charge in [-0.1, -0.05) is 42.7 Å². The lowest BCUT2D eigenvalue weighted by molar-refractivity contribution is -0.139. The van der Waals surface area contributed by atoms with E-state index in [1.165, 1.54) is 0 Å². The van der Waals surface area contributed by atoms with Gasteiger partial charge < -0.3 is 5.11 Å². The minimum absolute atomic E-state index is 0.425. The van der Waals surface area contributed by atoms with E-state index in [0.29, 0.717) is 11.4 Å². The third-order valence-corrected chi connectivity index (χ3v) is 3.22. The van der Waals surface area contributed by atoms with Crippen LogP contribution in [0.3, 0.4) is 0 Å². The van der Waals surface area contributed by atoms with Crippen molar-refractivity contribution in [1.82, 2.24) is 0 Å². The minimum Gasteiger partial charge on any atom is -0.481 e. The Bertz CT molecular complexity index is 384. The maximum absolute atomic E-state index is 11.3. The van der Waals surface area contributed by atoms with Gasteiger partial charge in [-0.05, 0) is 37.0 Å². The molecule has 0 aliphatic rings. The number of benzene rings is 1. The van der Waals surface area contributed by atoms with E-state index < -0.39 is 11.9 Å². The summed E-state index contributed by atoms with van der Waals surface area (Å²) in [5.74, 6) is -1.19. The monoisotopic (exact) mass is 266 g/mol. The molecule has 0 fully saturated rings. The number of carbonyl (C=O) groups is 1. The van der Waals surface area contributed by atoms with Gasteiger partial charge in [0.15, 0.2) is 0 Å². The number of carboxylic acids is 1. The van der Waals surface area contributed by atoms with Gasteiger partial charge in [0.1, 0.15) is 0 Å². The second-order valence-corrected chi connectivity index (χ2v) is 4.81. The Hall–Kier alpha value is -1.28. The van der Waals surface area contributed by atoms with Gasteiger partial charge in [0, 0.05) is 5.02 Å².